The summed E-state index contributed by atoms with van der Waals surface area (Å²) < 4.78 is 10.6. The Hall–Kier alpha value is -1.40. The predicted molar refractivity (Wildman–Crippen MR) is 71.1 cm³/mol. The van der Waals surface area contributed by atoms with E-state index < -0.39 is 0 Å². The maximum absolute atomic E-state index is 12.1. The second-order valence-corrected chi connectivity index (χ2v) is 5.89. The van der Waals surface area contributed by atoms with Gasteiger partial charge in [0.1, 0.15) is 11.8 Å². The third kappa shape index (κ3) is 3.33. The van der Waals surface area contributed by atoms with Gasteiger partial charge in [0.05, 0.1) is 13.2 Å². The Balaban J connectivity index is 2.00. The van der Waals surface area contributed by atoms with Gasteiger partial charge in [-0.25, -0.2) is 0 Å². The lowest BCUT2D eigenvalue weighted by molar-refractivity contribution is -0.126. The van der Waals surface area contributed by atoms with Crippen LogP contribution in [-0.2, 0) is 14.9 Å². The third-order valence-electron chi connectivity index (χ3n) is 3.20. The number of rotatable bonds is 2. The van der Waals surface area contributed by atoms with Gasteiger partial charge >= 0.3 is 0 Å². The first kappa shape index (κ1) is 14.0. The average Bonchev–Trinajstić information content (AvgIpc) is 2.77. The van der Waals surface area contributed by atoms with Gasteiger partial charge in [0.15, 0.2) is 5.82 Å². The highest BCUT2D eigenvalue weighted by Crippen LogP contribution is 2.24. The monoisotopic (exact) mass is 267 g/mol. The van der Waals surface area contributed by atoms with Gasteiger partial charge in [0.2, 0.25) is 5.91 Å². The Morgan fingerprint density at radius 2 is 2.26 bits per heavy atom. The third-order valence-corrected chi connectivity index (χ3v) is 3.20. The first-order valence-corrected chi connectivity index (χ1v) is 6.44. The van der Waals surface area contributed by atoms with Crippen LogP contribution < -0.4 is 5.32 Å². The maximum atomic E-state index is 12.1. The molecule has 1 aliphatic heterocycles. The van der Waals surface area contributed by atoms with E-state index in [9.17, 15) is 4.79 Å². The Morgan fingerprint density at radius 3 is 2.84 bits per heavy atom. The Morgan fingerprint density at radius 1 is 1.53 bits per heavy atom. The summed E-state index contributed by atoms with van der Waals surface area (Å²) in [6.45, 7) is 7.92. The number of aromatic nitrogens is 1. The highest BCUT2D eigenvalue weighted by molar-refractivity contribution is 5.94. The molecule has 1 saturated heterocycles. The van der Waals surface area contributed by atoms with E-state index in [1.807, 2.05) is 32.7 Å². The van der Waals surface area contributed by atoms with E-state index in [-0.39, 0.29) is 17.4 Å². The van der Waals surface area contributed by atoms with Crippen LogP contribution in [0, 0.1) is 0 Å². The Kier molecular flexibility index (Phi) is 3.91. The number of carbonyl (C=O) groups is 1. The van der Waals surface area contributed by atoms with Crippen molar-refractivity contribution in [1.82, 2.24) is 10.1 Å². The molecule has 0 aliphatic carbocycles. The normalized spacial score (nSPS) is 21.4. The first-order chi connectivity index (χ1) is 8.88. The molecule has 1 aromatic rings. The van der Waals surface area contributed by atoms with Crippen LogP contribution in [-0.4, -0.2) is 48.8 Å². The molecule has 2 rings (SSSR count). The number of likely N-dealkylation sites (N-methyl/N-ethyl adjacent to an activating group) is 1. The molecule has 0 unspecified atom stereocenters. The number of ether oxygens (including phenoxy) is 1. The van der Waals surface area contributed by atoms with Crippen LogP contribution in [0.5, 0.6) is 0 Å². The van der Waals surface area contributed by atoms with Crippen LogP contribution in [0.3, 0.4) is 0 Å². The van der Waals surface area contributed by atoms with Crippen LogP contribution in [0.15, 0.2) is 10.6 Å². The quantitative estimate of drug-likeness (QED) is 0.873. The Bertz CT molecular complexity index is 450. The fraction of sp³-hybridized carbons (Fsp3) is 0.692. The zero-order valence-corrected chi connectivity index (χ0v) is 11.9. The van der Waals surface area contributed by atoms with Gasteiger partial charge < -0.3 is 14.6 Å². The minimum absolute atomic E-state index is 0.115. The predicted octanol–water partition coefficient (Wildman–Crippen LogP) is 1.24. The van der Waals surface area contributed by atoms with Gasteiger partial charge in [-0.2, -0.15) is 0 Å². The number of morpholine rings is 1. The molecule has 2 heterocycles. The van der Waals surface area contributed by atoms with E-state index >= 15 is 0 Å². The zero-order chi connectivity index (χ0) is 14.0. The maximum Gasteiger partial charge on any atom is 0.245 e. The summed E-state index contributed by atoms with van der Waals surface area (Å²) in [7, 11) is 1.91. The second-order valence-electron chi connectivity index (χ2n) is 5.89. The molecule has 1 N–H and O–H groups in total. The highest BCUT2D eigenvalue weighted by atomic mass is 16.5. The second kappa shape index (κ2) is 5.30. The lowest BCUT2D eigenvalue weighted by Gasteiger charge is -2.30. The summed E-state index contributed by atoms with van der Waals surface area (Å²) >= 11 is 0. The number of anilines is 1. The van der Waals surface area contributed by atoms with Crippen molar-refractivity contribution in [2.75, 3.05) is 32.1 Å². The highest BCUT2D eigenvalue weighted by Gasteiger charge is 2.28. The molecule has 1 amide bonds. The van der Waals surface area contributed by atoms with Crippen LogP contribution in [0.2, 0.25) is 0 Å². The van der Waals surface area contributed by atoms with Gasteiger partial charge in [-0.05, 0) is 7.05 Å². The number of nitrogens with one attached hydrogen (secondary N) is 1. The molecule has 0 saturated carbocycles. The molecule has 0 spiro atoms. The van der Waals surface area contributed by atoms with Crippen LogP contribution in [0.25, 0.3) is 0 Å². The first-order valence-electron chi connectivity index (χ1n) is 6.44. The standard InChI is InChI=1S/C13H21N3O3/c1-13(2,3)10-7-11(15-19-10)14-12(17)9-8-18-6-5-16(9)4/h7,9H,5-6,8H2,1-4H3,(H,14,15,17)/t9-/m1/s1. The molecule has 1 atom stereocenters. The van der Waals surface area contributed by atoms with Crippen molar-refractivity contribution < 1.29 is 14.1 Å². The minimum atomic E-state index is -0.275. The Labute approximate surface area is 113 Å². The molecule has 19 heavy (non-hydrogen) atoms. The SMILES string of the molecule is CN1CCOC[C@@H]1C(=O)Nc1cc(C(C)(C)C)on1. The van der Waals surface area contributed by atoms with Crippen molar-refractivity contribution in [3.8, 4) is 0 Å². The van der Waals surface area contributed by atoms with E-state index in [4.69, 9.17) is 9.26 Å². The molecule has 6 nitrogen and oxygen atoms in total. The van der Waals surface area contributed by atoms with Crippen molar-refractivity contribution >= 4 is 11.7 Å². The summed E-state index contributed by atoms with van der Waals surface area (Å²) in [5, 5.41) is 6.65. The largest absolute Gasteiger partial charge is 0.378 e. The summed E-state index contributed by atoms with van der Waals surface area (Å²) in [6.07, 6.45) is 0. The van der Waals surface area contributed by atoms with Crippen molar-refractivity contribution in [1.29, 1.82) is 0 Å². The molecule has 6 heteroatoms. The van der Waals surface area contributed by atoms with Gasteiger partial charge in [0.25, 0.3) is 0 Å². The van der Waals surface area contributed by atoms with E-state index in [0.717, 1.165) is 12.3 Å². The molecular formula is C13H21N3O3. The van der Waals surface area contributed by atoms with Gasteiger partial charge in [0, 0.05) is 18.0 Å². The molecule has 1 aromatic heterocycles. The lowest BCUT2D eigenvalue weighted by Crippen LogP contribution is -2.49. The van der Waals surface area contributed by atoms with Crippen molar-refractivity contribution in [3.05, 3.63) is 11.8 Å². The average molecular weight is 267 g/mol. The summed E-state index contributed by atoms with van der Waals surface area (Å²) in [6, 6.07) is 1.49. The van der Waals surface area contributed by atoms with E-state index in [0.29, 0.717) is 19.0 Å². The summed E-state index contributed by atoms with van der Waals surface area (Å²) in [5.41, 5.74) is -0.124. The van der Waals surface area contributed by atoms with Crippen LogP contribution >= 0.6 is 0 Å². The zero-order valence-electron chi connectivity index (χ0n) is 11.9. The van der Waals surface area contributed by atoms with E-state index in [1.54, 1.807) is 6.07 Å². The molecule has 106 valence electrons. The smallest absolute Gasteiger partial charge is 0.245 e. The molecule has 0 bridgehead atoms. The lowest BCUT2D eigenvalue weighted by atomic mass is 9.93. The molecule has 0 aromatic carbocycles. The van der Waals surface area contributed by atoms with Crippen LogP contribution in [0.4, 0.5) is 5.82 Å². The summed E-state index contributed by atoms with van der Waals surface area (Å²) in [4.78, 5) is 14.1. The minimum Gasteiger partial charge on any atom is -0.378 e. The molecule has 1 fully saturated rings. The number of hydrogen-bond acceptors (Lipinski definition) is 5. The van der Waals surface area contributed by atoms with Crippen molar-refractivity contribution in [2.24, 2.45) is 0 Å². The fourth-order valence-corrected chi connectivity index (χ4v) is 1.86. The van der Waals surface area contributed by atoms with Crippen molar-refractivity contribution in [3.63, 3.8) is 0 Å². The number of carbonyl (C=O) groups excluding carboxylic acids is 1. The van der Waals surface area contributed by atoms with E-state index in [2.05, 4.69) is 10.5 Å². The molecular weight excluding hydrogens is 246 g/mol. The number of nitrogens with zero attached hydrogens (tertiary/aromatic N) is 2. The van der Waals surface area contributed by atoms with Crippen LogP contribution in [0.1, 0.15) is 26.5 Å². The van der Waals surface area contributed by atoms with Gasteiger partial charge in [-0.1, -0.05) is 25.9 Å². The topological polar surface area (TPSA) is 67.6 Å². The number of hydrogen-bond donors (Lipinski definition) is 1. The fourth-order valence-electron chi connectivity index (χ4n) is 1.86. The van der Waals surface area contributed by atoms with Gasteiger partial charge in [-0.3, -0.25) is 9.69 Å². The molecule has 1 aliphatic rings. The molecule has 0 radical (unpaired) electrons. The van der Waals surface area contributed by atoms with Crippen molar-refractivity contribution in [2.45, 2.75) is 32.2 Å². The van der Waals surface area contributed by atoms with E-state index in [1.165, 1.54) is 0 Å². The van der Waals surface area contributed by atoms with Gasteiger partial charge in [-0.15, -0.1) is 0 Å². The number of amides is 1. The summed E-state index contributed by atoms with van der Waals surface area (Å²) in [5.74, 6) is 1.08.